The Morgan fingerprint density at radius 1 is 1.23 bits per heavy atom. The van der Waals surface area contributed by atoms with E-state index in [1.54, 1.807) is 0 Å². The molecule has 0 aromatic carbocycles. The second kappa shape index (κ2) is 6.93. The van der Waals surface area contributed by atoms with E-state index in [-0.39, 0.29) is 5.97 Å². The van der Waals surface area contributed by atoms with Crippen molar-refractivity contribution < 1.29 is 9.53 Å². The van der Waals surface area contributed by atoms with Crippen LogP contribution in [0.3, 0.4) is 0 Å². The largest absolute Gasteiger partial charge is 0.466 e. The van der Waals surface area contributed by atoms with Crippen molar-refractivity contribution >= 4 is 5.97 Å². The van der Waals surface area contributed by atoms with Gasteiger partial charge in [-0.15, -0.1) is 0 Å². The summed E-state index contributed by atoms with van der Waals surface area (Å²) < 4.78 is 4.88. The maximum atomic E-state index is 11.1. The lowest BCUT2D eigenvalue weighted by molar-refractivity contribution is -0.144. The molecule has 0 aliphatic heterocycles. The molecule has 2 heteroatoms. The molecule has 0 N–H and O–H groups in total. The van der Waals surface area contributed by atoms with Crippen LogP contribution in [-0.4, -0.2) is 12.6 Å². The number of esters is 1. The predicted molar refractivity (Wildman–Crippen MR) is 54.5 cm³/mol. The van der Waals surface area contributed by atoms with Gasteiger partial charge in [-0.25, -0.2) is 0 Å². The molecular weight excluding hydrogens is 164 g/mol. The lowest BCUT2D eigenvalue weighted by Gasteiger charge is -2.11. The lowest BCUT2D eigenvalue weighted by Crippen LogP contribution is -2.09. The minimum atomic E-state index is -0.0567. The smallest absolute Gasteiger partial charge is 0.306 e. The lowest BCUT2D eigenvalue weighted by atomic mass is 9.97. The van der Waals surface area contributed by atoms with Gasteiger partial charge in [0.25, 0.3) is 0 Å². The van der Waals surface area contributed by atoms with Crippen molar-refractivity contribution in [3.63, 3.8) is 0 Å². The molecule has 2 nitrogen and oxygen atoms in total. The number of rotatable bonds is 6. The molecule has 78 valence electrons. The van der Waals surface area contributed by atoms with Crippen LogP contribution in [0.15, 0.2) is 0 Å². The Morgan fingerprint density at radius 3 is 2.31 bits per heavy atom. The quantitative estimate of drug-likeness (QED) is 0.596. The third kappa shape index (κ3) is 7.82. The van der Waals surface area contributed by atoms with E-state index in [4.69, 9.17) is 4.74 Å². The van der Waals surface area contributed by atoms with Crippen LogP contribution in [0.25, 0.3) is 0 Å². The summed E-state index contributed by atoms with van der Waals surface area (Å²) in [5, 5.41) is 0. The normalized spacial score (nSPS) is 13.0. The second-order valence-electron chi connectivity index (χ2n) is 4.09. The fourth-order valence-electron chi connectivity index (χ4n) is 1.22. The van der Waals surface area contributed by atoms with E-state index in [2.05, 4.69) is 20.8 Å². The highest BCUT2D eigenvalue weighted by molar-refractivity contribution is 5.69. The molecule has 0 unspecified atom stereocenters. The van der Waals surface area contributed by atoms with Gasteiger partial charge in [0.05, 0.1) is 6.61 Å². The van der Waals surface area contributed by atoms with Crippen LogP contribution in [0.1, 0.15) is 47.0 Å². The first kappa shape index (κ1) is 12.5. The molecule has 13 heavy (non-hydrogen) atoms. The van der Waals surface area contributed by atoms with Gasteiger partial charge in [0.15, 0.2) is 0 Å². The Morgan fingerprint density at radius 2 is 1.85 bits per heavy atom. The number of carbonyl (C=O) groups excluding carboxylic acids is 1. The van der Waals surface area contributed by atoms with Crippen LogP contribution in [0.4, 0.5) is 0 Å². The van der Waals surface area contributed by atoms with E-state index in [0.717, 1.165) is 12.3 Å². The number of hydrogen-bond acceptors (Lipinski definition) is 2. The molecule has 0 bridgehead atoms. The number of carbonyl (C=O) groups is 1. The first-order valence-corrected chi connectivity index (χ1v) is 5.21. The topological polar surface area (TPSA) is 26.3 Å². The molecule has 0 fully saturated rings. The number of hydrogen-bond donors (Lipinski definition) is 0. The summed E-state index contributed by atoms with van der Waals surface area (Å²) in [5.41, 5.74) is 0. The van der Waals surface area contributed by atoms with Gasteiger partial charge in [-0.05, 0) is 25.2 Å². The van der Waals surface area contributed by atoms with Crippen molar-refractivity contribution in [3.8, 4) is 0 Å². The molecule has 0 amide bonds. The molecule has 1 atom stereocenters. The van der Waals surface area contributed by atoms with Crippen molar-refractivity contribution in [1.29, 1.82) is 0 Å². The number of ether oxygens (including phenoxy) is 1. The molecule has 0 heterocycles. The fraction of sp³-hybridized carbons (Fsp3) is 0.909. The second-order valence-corrected chi connectivity index (χ2v) is 4.09. The Hall–Kier alpha value is -0.530. The highest BCUT2D eigenvalue weighted by atomic mass is 16.5. The van der Waals surface area contributed by atoms with Crippen molar-refractivity contribution in [3.05, 3.63) is 0 Å². The Labute approximate surface area is 81.7 Å². The standard InChI is InChI=1S/C11H22O2/c1-5-13-11(12)8-10(4)7-6-9(2)3/h9-10H,5-8H2,1-4H3/t10-/m0/s1. The van der Waals surface area contributed by atoms with E-state index < -0.39 is 0 Å². The van der Waals surface area contributed by atoms with Gasteiger partial charge < -0.3 is 4.74 Å². The van der Waals surface area contributed by atoms with Crippen LogP contribution in [0.5, 0.6) is 0 Å². The SMILES string of the molecule is CCOC(=O)C[C@@H](C)CCC(C)C. The van der Waals surface area contributed by atoms with Crippen LogP contribution in [0, 0.1) is 11.8 Å². The van der Waals surface area contributed by atoms with Crippen molar-refractivity contribution in [2.75, 3.05) is 6.61 Å². The average Bonchev–Trinajstić information content (AvgIpc) is 2.01. The highest BCUT2D eigenvalue weighted by Gasteiger charge is 2.09. The molecule has 0 rings (SSSR count). The van der Waals surface area contributed by atoms with Gasteiger partial charge in [0.1, 0.15) is 0 Å². The Bertz CT molecular complexity index is 141. The monoisotopic (exact) mass is 186 g/mol. The zero-order chi connectivity index (χ0) is 10.3. The summed E-state index contributed by atoms with van der Waals surface area (Å²) in [4.78, 5) is 11.1. The third-order valence-corrected chi connectivity index (χ3v) is 2.06. The summed E-state index contributed by atoms with van der Waals surface area (Å²) in [6, 6.07) is 0. The minimum Gasteiger partial charge on any atom is -0.466 e. The van der Waals surface area contributed by atoms with Gasteiger partial charge in [-0.1, -0.05) is 27.2 Å². The van der Waals surface area contributed by atoms with Gasteiger partial charge in [-0.3, -0.25) is 4.79 Å². The molecule has 0 radical (unpaired) electrons. The van der Waals surface area contributed by atoms with E-state index in [0.29, 0.717) is 18.9 Å². The Kier molecular flexibility index (Phi) is 6.65. The maximum absolute atomic E-state index is 11.1. The van der Waals surface area contributed by atoms with E-state index >= 15 is 0 Å². The van der Waals surface area contributed by atoms with E-state index in [1.165, 1.54) is 6.42 Å². The summed E-state index contributed by atoms with van der Waals surface area (Å²) in [7, 11) is 0. The predicted octanol–water partition coefficient (Wildman–Crippen LogP) is 3.01. The highest BCUT2D eigenvalue weighted by Crippen LogP contribution is 2.15. The van der Waals surface area contributed by atoms with Crippen molar-refractivity contribution in [1.82, 2.24) is 0 Å². The van der Waals surface area contributed by atoms with Gasteiger partial charge in [0, 0.05) is 6.42 Å². The minimum absolute atomic E-state index is 0.0567. The molecule has 0 aliphatic carbocycles. The third-order valence-electron chi connectivity index (χ3n) is 2.06. The van der Waals surface area contributed by atoms with Crippen molar-refractivity contribution in [2.45, 2.75) is 47.0 Å². The van der Waals surface area contributed by atoms with E-state index in [1.807, 2.05) is 6.92 Å². The summed E-state index contributed by atoms with van der Waals surface area (Å²) in [5.74, 6) is 1.13. The van der Waals surface area contributed by atoms with Crippen molar-refractivity contribution in [2.24, 2.45) is 11.8 Å². The zero-order valence-electron chi connectivity index (χ0n) is 9.30. The molecular formula is C11H22O2. The van der Waals surface area contributed by atoms with Gasteiger partial charge >= 0.3 is 5.97 Å². The van der Waals surface area contributed by atoms with Crippen LogP contribution in [-0.2, 0) is 9.53 Å². The molecule has 0 aromatic rings. The van der Waals surface area contributed by atoms with Crippen LogP contribution < -0.4 is 0 Å². The molecule has 0 aliphatic rings. The van der Waals surface area contributed by atoms with Crippen LogP contribution in [0.2, 0.25) is 0 Å². The molecule has 0 saturated carbocycles. The van der Waals surface area contributed by atoms with E-state index in [9.17, 15) is 4.79 Å². The van der Waals surface area contributed by atoms with Gasteiger partial charge in [-0.2, -0.15) is 0 Å². The summed E-state index contributed by atoms with van der Waals surface area (Å²) in [6.45, 7) is 8.86. The summed E-state index contributed by atoms with van der Waals surface area (Å²) in [6.07, 6.45) is 2.89. The Balaban J connectivity index is 3.49. The fourth-order valence-corrected chi connectivity index (χ4v) is 1.22. The van der Waals surface area contributed by atoms with Crippen LogP contribution >= 0.6 is 0 Å². The zero-order valence-corrected chi connectivity index (χ0v) is 9.30. The average molecular weight is 186 g/mol. The summed E-state index contributed by atoms with van der Waals surface area (Å²) >= 11 is 0. The molecule has 0 saturated heterocycles. The molecule has 0 aromatic heterocycles. The first-order chi connectivity index (χ1) is 6.06. The van der Waals surface area contributed by atoms with Gasteiger partial charge in [0.2, 0.25) is 0 Å². The first-order valence-electron chi connectivity index (χ1n) is 5.21. The maximum Gasteiger partial charge on any atom is 0.306 e. The molecule has 0 spiro atoms.